The normalized spacial score (nSPS) is 15.1. The Balaban J connectivity index is 1.66. The number of carbonyl (C=O) groups is 2. The molecule has 34 heavy (non-hydrogen) atoms. The SMILES string of the molecule is CCCNC(=O)[C@H](C)N(Cc1ccccc1)C(=O)CCc1ccc(S(=O)(=O)N2CCCC2)cc1. The molecule has 7 nitrogen and oxygen atoms in total. The molecular formula is C26H35N3O4S. The first-order valence-corrected chi connectivity index (χ1v) is 13.5. The summed E-state index contributed by atoms with van der Waals surface area (Å²) in [5.74, 6) is -0.278. The van der Waals surface area contributed by atoms with Gasteiger partial charge in [0, 0.05) is 32.6 Å². The summed E-state index contributed by atoms with van der Waals surface area (Å²) in [6, 6.07) is 15.8. The lowest BCUT2D eigenvalue weighted by Crippen LogP contribution is -2.47. The van der Waals surface area contributed by atoms with Crippen molar-refractivity contribution in [2.24, 2.45) is 0 Å². The van der Waals surface area contributed by atoms with E-state index in [2.05, 4.69) is 5.32 Å². The highest BCUT2D eigenvalue weighted by Crippen LogP contribution is 2.21. The van der Waals surface area contributed by atoms with E-state index in [1.807, 2.05) is 37.3 Å². The van der Waals surface area contributed by atoms with Crippen molar-refractivity contribution in [3.05, 3.63) is 65.7 Å². The molecule has 3 rings (SSSR count). The quantitative estimate of drug-likeness (QED) is 0.529. The molecule has 0 spiro atoms. The van der Waals surface area contributed by atoms with Gasteiger partial charge in [-0.25, -0.2) is 8.42 Å². The summed E-state index contributed by atoms with van der Waals surface area (Å²) < 4.78 is 27.0. The van der Waals surface area contributed by atoms with Crippen LogP contribution in [0, 0.1) is 0 Å². The van der Waals surface area contributed by atoms with Crippen molar-refractivity contribution in [3.63, 3.8) is 0 Å². The number of nitrogens with one attached hydrogen (secondary N) is 1. The van der Waals surface area contributed by atoms with Gasteiger partial charge in [-0.15, -0.1) is 0 Å². The first-order valence-electron chi connectivity index (χ1n) is 12.0. The minimum atomic E-state index is -3.45. The fraction of sp³-hybridized carbons (Fsp3) is 0.462. The van der Waals surface area contributed by atoms with E-state index < -0.39 is 16.1 Å². The van der Waals surface area contributed by atoms with Crippen LogP contribution in [-0.2, 0) is 32.6 Å². The highest BCUT2D eigenvalue weighted by molar-refractivity contribution is 7.89. The summed E-state index contributed by atoms with van der Waals surface area (Å²) in [5.41, 5.74) is 1.85. The Hall–Kier alpha value is -2.71. The molecule has 1 fully saturated rings. The molecule has 1 heterocycles. The summed E-state index contributed by atoms with van der Waals surface area (Å²) >= 11 is 0. The van der Waals surface area contributed by atoms with Crippen LogP contribution in [0.3, 0.4) is 0 Å². The molecule has 1 saturated heterocycles. The maximum absolute atomic E-state index is 13.2. The fourth-order valence-electron chi connectivity index (χ4n) is 4.06. The first kappa shape index (κ1) is 25.9. The number of benzene rings is 2. The average Bonchev–Trinajstić information content (AvgIpc) is 3.41. The van der Waals surface area contributed by atoms with Crippen LogP contribution in [0.1, 0.15) is 50.7 Å². The third kappa shape index (κ3) is 6.67. The summed E-state index contributed by atoms with van der Waals surface area (Å²) in [5, 5.41) is 2.88. The van der Waals surface area contributed by atoms with Crippen LogP contribution in [0.5, 0.6) is 0 Å². The van der Waals surface area contributed by atoms with E-state index >= 15 is 0 Å². The molecule has 0 unspecified atom stereocenters. The molecule has 2 aromatic rings. The minimum Gasteiger partial charge on any atom is -0.354 e. The third-order valence-corrected chi connectivity index (χ3v) is 8.08. The van der Waals surface area contributed by atoms with Gasteiger partial charge in [0.15, 0.2) is 0 Å². The van der Waals surface area contributed by atoms with Crippen molar-refractivity contribution < 1.29 is 18.0 Å². The summed E-state index contributed by atoms with van der Waals surface area (Å²) in [7, 11) is -3.45. The summed E-state index contributed by atoms with van der Waals surface area (Å²) in [4.78, 5) is 27.7. The van der Waals surface area contributed by atoms with Gasteiger partial charge in [-0.3, -0.25) is 9.59 Å². The molecule has 1 atom stereocenters. The second-order valence-corrected chi connectivity index (χ2v) is 10.7. The summed E-state index contributed by atoms with van der Waals surface area (Å²) in [6.07, 6.45) is 3.32. The molecule has 0 aromatic heterocycles. The zero-order valence-electron chi connectivity index (χ0n) is 20.1. The minimum absolute atomic E-state index is 0.114. The molecule has 0 radical (unpaired) electrons. The molecule has 8 heteroatoms. The zero-order chi connectivity index (χ0) is 24.6. The predicted molar refractivity (Wildman–Crippen MR) is 133 cm³/mol. The maximum atomic E-state index is 13.2. The number of amides is 2. The fourth-order valence-corrected chi connectivity index (χ4v) is 5.58. The van der Waals surface area contributed by atoms with Crippen molar-refractivity contribution in [1.29, 1.82) is 0 Å². The number of hydrogen-bond acceptors (Lipinski definition) is 4. The van der Waals surface area contributed by atoms with Crippen molar-refractivity contribution in [2.75, 3.05) is 19.6 Å². The largest absolute Gasteiger partial charge is 0.354 e. The van der Waals surface area contributed by atoms with Gasteiger partial charge in [0.1, 0.15) is 6.04 Å². The van der Waals surface area contributed by atoms with E-state index in [0.29, 0.717) is 32.6 Å². The van der Waals surface area contributed by atoms with Crippen LogP contribution in [0.4, 0.5) is 0 Å². The smallest absolute Gasteiger partial charge is 0.243 e. The van der Waals surface area contributed by atoms with Crippen molar-refractivity contribution in [1.82, 2.24) is 14.5 Å². The topological polar surface area (TPSA) is 86.8 Å². The molecule has 1 N–H and O–H groups in total. The molecule has 2 aromatic carbocycles. The van der Waals surface area contributed by atoms with Crippen molar-refractivity contribution in [2.45, 2.75) is 63.4 Å². The monoisotopic (exact) mass is 485 g/mol. The lowest BCUT2D eigenvalue weighted by Gasteiger charge is -2.29. The Morgan fingerprint density at radius 3 is 2.26 bits per heavy atom. The molecule has 1 aliphatic rings. The van der Waals surface area contributed by atoms with Gasteiger partial charge < -0.3 is 10.2 Å². The summed E-state index contributed by atoms with van der Waals surface area (Å²) in [6.45, 7) is 5.81. The van der Waals surface area contributed by atoms with Crippen LogP contribution in [-0.4, -0.2) is 55.1 Å². The van der Waals surface area contributed by atoms with Gasteiger partial charge in [-0.2, -0.15) is 4.31 Å². The molecule has 0 aliphatic carbocycles. The number of carbonyl (C=O) groups excluding carboxylic acids is 2. The van der Waals surface area contributed by atoms with Gasteiger partial charge in [0.25, 0.3) is 0 Å². The van der Waals surface area contributed by atoms with Crippen LogP contribution in [0.15, 0.2) is 59.5 Å². The van der Waals surface area contributed by atoms with Crippen molar-refractivity contribution >= 4 is 21.8 Å². The zero-order valence-corrected chi connectivity index (χ0v) is 20.9. The lowest BCUT2D eigenvalue weighted by molar-refractivity contribution is -0.140. The predicted octanol–water partition coefficient (Wildman–Crippen LogP) is 3.35. The number of rotatable bonds is 11. The second-order valence-electron chi connectivity index (χ2n) is 8.73. The molecule has 184 valence electrons. The van der Waals surface area contributed by atoms with Crippen molar-refractivity contribution in [3.8, 4) is 0 Å². The standard InChI is InChI=1S/C26H35N3O4S/c1-3-17-27-26(31)21(2)29(20-23-9-5-4-6-10-23)25(30)16-13-22-11-14-24(15-12-22)34(32,33)28-18-7-8-19-28/h4-6,9-12,14-15,21H,3,7-8,13,16-20H2,1-2H3,(H,27,31)/t21-/m0/s1. The Kier molecular flexibility index (Phi) is 9.24. The number of nitrogens with zero attached hydrogens (tertiary/aromatic N) is 2. The Morgan fingerprint density at radius 1 is 1.00 bits per heavy atom. The average molecular weight is 486 g/mol. The van der Waals surface area contributed by atoms with Crippen LogP contribution in [0.2, 0.25) is 0 Å². The number of hydrogen-bond donors (Lipinski definition) is 1. The number of sulfonamides is 1. The van der Waals surface area contributed by atoms with E-state index in [9.17, 15) is 18.0 Å². The van der Waals surface area contributed by atoms with E-state index in [1.165, 1.54) is 4.31 Å². The first-order chi connectivity index (χ1) is 16.3. The highest BCUT2D eigenvalue weighted by atomic mass is 32.2. The number of aryl methyl sites for hydroxylation is 1. The Bertz CT molecular complexity index is 1050. The van der Waals surface area contributed by atoms with Crippen LogP contribution < -0.4 is 5.32 Å². The Labute approximate surface area is 203 Å². The maximum Gasteiger partial charge on any atom is 0.243 e. The molecular weight excluding hydrogens is 450 g/mol. The third-order valence-electron chi connectivity index (χ3n) is 6.17. The molecule has 2 amide bonds. The highest BCUT2D eigenvalue weighted by Gasteiger charge is 2.28. The van der Waals surface area contributed by atoms with Gasteiger partial charge in [-0.05, 0) is 55.9 Å². The van der Waals surface area contributed by atoms with Gasteiger partial charge in [0.2, 0.25) is 21.8 Å². The Morgan fingerprint density at radius 2 is 1.65 bits per heavy atom. The van der Waals surface area contributed by atoms with Crippen LogP contribution in [0.25, 0.3) is 0 Å². The van der Waals surface area contributed by atoms with E-state index in [-0.39, 0.29) is 23.1 Å². The van der Waals surface area contributed by atoms with E-state index in [4.69, 9.17) is 0 Å². The molecule has 1 aliphatic heterocycles. The van der Waals surface area contributed by atoms with Gasteiger partial charge in [0.05, 0.1) is 4.90 Å². The van der Waals surface area contributed by atoms with E-state index in [0.717, 1.165) is 30.4 Å². The van der Waals surface area contributed by atoms with Gasteiger partial charge in [-0.1, -0.05) is 49.4 Å². The lowest BCUT2D eigenvalue weighted by atomic mass is 10.1. The van der Waals surface area contributed by atoms with E-state index in [1.54, 1.807) is 36.1 Å². The molecule has 0 saturated carbocycles. The second kappa shape index (κ2) is 12.1. The van der Waals surface area contributed by atoms with Crippen LogP contribution >= 0.6 is 0 Å². The molecule has 0 bridgehead atoms. The van der Waals surface area contributed by atoms with Gasteiger partial charge >= 0.3 is 0 Å².